The van der Waals surface area contributed by atoms with Crippen molar-refractivity contribution in [1.29, 1.82) is 0 Å². The van der Waals surface area contributed by atoms with Crippen LogP contribution in [-0.4, -0.2) is 11.1 Å². The molecule has 0 aromatic carbocycles. The zero-order valence-corrected chi connectivity index (χ0v) is 11.6. The summed E-state index contributed by atoms with van der Waals surface area (Å²) in [6.45, 7) is 4.66. The minimum absolute atomic E-state index is 0.391. The Morgan fingerprint density at radius 2 is 2.07 bits per heavy atom. The molecule has 1 nitrogen and oxygen atoms in total. The molecule has 0 unspecified atom stereocenters. The maximum absolute atomic E-state index is 11.4. The van der Waals surface area contributed by atoms with Crippen molar-refractivity contribution in [2.75, 3.05) is 5.33 Å². The number of carbonyl (C=O) groups is 1. The van der Waals surface area contributed by atoms with Crippen molar-refractivity contribution in [2.24, 2.45) is 11.3 Å². The van der Waals surface area contributed by atoms with E-state index in [0.29, 0.717) is 17.1 Å². The van der Waals surface area contributed by atoms with Crippen molar-refractivity contribution in [3.05, 3.63) is 0 Å². The molecule has 1 atom stereocenters. The third-order valence-corrected chi connectivity index (χ3v) is 4.37. The van der Waals surface area contributed by atoms with Crippen LogP contribution in [0, 0.1) is 11.3 Å². The number of alkyl halides is 1. The van der Waals surface area contributed by atoms with E-state index in [0.717, 1.165) is 24.6 Å². The maximum Gasteiger partial charge on any atom is 0.133 e. The van der Waals surface area contributed by atoms with E-state index in [1.54, 1.807) is 0 Å². The summed E-state index contributed by atoms with van der Waals surface area (Å²) in [5.41, 5.74) is 0.391. The lowest BCUT2D eigenvalue weighted by molar-refractivity contribution is -0.124. The summed E-state index contributed by atoms with van der Waals surface area (Å²) in [6, 6.07) is 0. The number of hydrogen-bond donors (Lipinski definition) is 0. The van der Waals surface area contributed by atoms with Crippen LogP contribution in [0.15, 0.2) is 0 Å². The van der Waals surface area contributed by atoms with Crippen molar-refractivity contribution in [3.8, 4) is 0 Å². The van der Waals surface area contributed by atoms with Crippen LogP contribution in [0.5, 0.6) is 0 Å². The van der Waals surface area contributed by atoms with Crippen molar-refractivity contribution < 1.29 is 4.79 Å². The molecule has 88 valence electrons. The summed E-state index contributed by atoms with van der Waals surface area (Å²) >= 11 is 3.45. The Morgan fingerprint density at radius 1 is 1.33 bits per heavy atom. The van der Waals surface area contributed by atoms with Crippen LogP contribution in [0.1, 0.15) is 58.8 Å². The van der Waals surface area contributed by atoms with Gasteiger partial charge in [0.1, 0.15) is 5.78 Å². The molecule has 0 aromatic rings. The van der Waals surface area contributed by atoms with Crippen LogP contribution < -0.4 is 0 Å². The van der Waals surface area contributed by atoms with Gasteiger partial charge < -0.3 is 0 Å². The first-order valence-electron chi connectivity index (χ1n) is 6.14. The molecule has 1 aliphatic carbocycles. The number of ketones is 1. The second kappa shape index (κ2) is 6.03. The molecule has 0 bridgehead atoms. The van der Waals surface area contributed by atoms with E-state index < -0.39 is 0 Å². The summed E-state index contributed by atoms with van der Waals surface area (Å²) in [4.78, 5) is 11.4. The number of halogens is 1. The number of Topliss-reactive ketones (excluding diaryl/α,β-unsaturated/α-hetero) is 1. The first-order chi connectivity index (χ1) is 7.06. The topological polar surface area (TPSA) is 17.1 Å². The first-order valence-corrected chi connectivity index (χ1v) is 7.26. The summed E-state index contributed by atoms with van der Waals surface area (Å²) in [5.74, 6) is 1.12. The van der Waals surface area contributed by atoms with E-state index in [-0.39, 0.29) is 0 Å². The quantitative estimate of drug-likeness (QED) is 0.539. The van der Waals surface area contributed by atoms with Crippen LogP contribution >= 0.6 is 15.9 Å². The predicted octanol–water partition coefficient (Wildman–Crippen LogP) is 4.34. The zero-order valence-electron chi connectivity index (χ0n) is 10.0. The van der Waals surface area contributed by atoms with Crippen molar-refractivity contribution in [1.82, 2.24) is 0 Å². The molecule has 0 heterocycles. The molecule has 0 saturated heterocycles. The Kier molecular flexibility index (Phi) is 5.31. The molecule has 0 aliphatic heterocycles. The maximum atomic E-state index is 11.4. The van der Waals surface area contributed by atoms with Crippen LogP contribution in [0.3, 0.4) is 0 Å². The number of carbonyl (C=O) groups excluding carboxylic acids is 1. The van der Waals surface area contributed by atoms with Gasteiger partial charge in [0.25, 0.3) is 0 Å². The summed E-state index contributed by atoms with van der Waals surface area (Å²) in [7, 11) is 0. The van der Waals surface area contributed by atoms with Gasteiger partial charge in [-0.05, 0) is 30.6 Å². The molecule has 0 amide bonds. The molecule has 15 heavy (non-hydrogen) atoms. The average Bonchev–Trinajstić information content (AvgIpc) is 2.18. The molecule has 1 aliphatic rings. The zero-order chi connectivity index (χ0) is 11.3. The van der Waals surface area contributed by atoms with E-state index in [2.05, 4.69) is 29.8 Å². The highest BCUT2D eigenvalue weighted by Crippen LogP contribution is 2.41. The van der Waals surface area contributed by atoms with Gasteiger partial charge in [-0.3, -0.25) is 4.79 Å². The Labute approximate surface area is 102 Å². The van der Waals surface area contributed by atoms with Crippen molar-refractivity contribution in [2.45, 2.75) is 58.8 Å². The van der Waals surface area contributed by atoms with Crippen LogP contribution in [0.25, 0.3) is 0 Å². The van der Waals surface area contributed by atoms with Gasteiger partial charge in [0, 0.05) is 18.2 Å². The molecular weight excluding hydrogens is 252 g/mol. The summed E-state index contributed by atoms with van der Waals surface area (Å²) in [5, 5.41) is 1.11. The van der Waals surface area contributed by atoms with Gasteiger partial charge in [-0.2, -0.15) is 0 Å². The highest BCUT2D eigenvalue weighted by molar-refractivity contribution is 9.09. The second-order valence-corrected chi connectivity index (χ2v) is 6.26. The largest absolute Gasteiger partial charge is 0.300 e. The molecule has 0 radical (unpaired) electrons. The van der Waals surface area contributed by atoms with Crippen molar-refractivity contribution in [3.63, 3.8) is 0 Å². The van der Waals surface area contributed by atoms with E-state index in [1.165, 1.54) is 25.7 Å². The smallest absolute Gasteiger partial charge is 0.133 e. The average molecular weight is 275 g/mol. The van der Waals surface area contributed by atoms with Gasteiger partial charge in [0.2, 0.25) is 0 Å². The van der Waals surface area contributed by atoms with Crippen LogP contribution in [-0.2, 0) is 4.79 Å². The van der Waals surface area contributed by atoms with Gasteiger partial charge in [0.05, 0.1) is 0 Å². The lowest BCUT2D eigenvalue weighted by atomic mass is 9.67. The summed E-state index contributed by atoms with van der Waals surface area (Å²) < 4.78 is 0. The van der Waals surface area contributed by atoms with Gasteiger partial charge in [-0.15, -0.1) is 0 Å². The van der Waals surface area contributed by atoms with E-state index >= 15 is 0 Å². The van der Waals surface area contributed by atoms with E-state index in [4.69, 9.17) is 0 Å². The van der Waals surface area contributed by atoms with E-state index in [9.17, 15) is 4.79 Å². The third kappa shape index (κ3) is 4.26. The Hall–Kier alpha value is 0.150. The molecule has 1 rings (SSSR count). The van der Waals surface area contributed by atoms with Gasteiger partial charge in [-0.25, -0.2) is 0 Å². The van der Waals surface area contributed by atoms with Gasteiger partial charge >= 0.3 is 0 Å². The Morgan fingerprint density at radius 3 is 2.73 bits per heavy atom. The minimum atomic E-state index is 0.391. The Balaban J connectivity index is 2.33. The van der Waals surface area contributed by atoms with Gasteiger partial charge in [0.15, 0.2) is 0 Å². The molecule has 0 aromatic heterocycles. The molecular formula is C13H23BrO. The standard InChI is InChI=1S/C13H23BrO/c1-13(2)8-7-12(15)10-11(13)6-4-3-5-9-14/h11H,3-10H2,1-2H3/t11-/m0/s1. The fourth-order valence-corrected chi connectivity index (χ4v) is 2.87. The molecule has 1 fully saturated rings. The fraction of sp³-hybridized carbons (Fsp3) is 0.923. The number of hydrogen-bond acceptors (Lipinski definition) is 1. The Bertz CT molecular complexity index is 211. The SMILES string of the molecule is CC1(C)CCC(=O)C[C@@H]1CCCCCBr. The number of rotatable bonds is 5. The van der Waals surface area contributed by atoms with Crippen molar-refractivity contribution >= 4 is 21.7 Å². The van der Waals surface area contributed by atoms with Crippen LogP contribution in [0.2, 0.25) is 0 Å². The monoisotopic (exact) mass is 274 g/mol. The highest BCUT2D eigenvalue weighted by atomic mass is 79.9. The summed E-state index contributed by atoms with van der Waals surface area (Å²) in [6.07, 6.45) is 7.83. The van der Waals surface area contributed by atoms with Gasteiger partial charge in [-0.1, -0.05) is 42.6 Å². The highest BCUT2D eigenvalue weighted by Gasteiger charge is 2.34. The molecule has 0 spiro atoms. The third-order valence-electron chi connectivity index (χ3n) is 3.81. The first kappa shape index (κ1) is 13.2. The lowest BCUT2D eigenvalue weighted by Crippen LogP contribution is -2.32. The fourth-order valence-electron chi connectivity index (χ4n) is 2.47. The molecule has 2 heteroatoms. The van der Waals surface area contributed by atoms with E-state index in [1.807, 2.05) is 0 Å². The van der Waals surface area contributed by atoms with Crippen LogP contribution in [0.4, 0.5) is 0 Å². The molecule has 0 N–H and O–H groups in total. The minimum Gasteiger partial charge on any atom is -0.300 e. The second-order valence-electron chi connectivity index (χ2n) is 5.47. The molecule has 1 saturated carbocycles. The lowest BCUT2D eigenvalue weighted by Gasteiger charge is -2.38. The predicted molar refractivity (Wildman–Crippen MR) is 68.4 cm³/mol. The number of unbranched alkanes of at least 4 members (excludes halogenated alkanes) is 2. The normalized spacial score (nSPS) is 25.5.